The minimum Gasteiger partial charge on any atom is -0.381 e. The summed E-state index contributed by atoms with van der Waals surface area (Å²) in [6, 6.07) is 11.8. The third kappa shape index (κ3) is 5.31. The molecule has 0 spiro atoms. The standard InChI is InChI=1S/C18H23N3O3/c1-2-3-13-24-14-7-12-19-18(23)16-10-11-17(22)21(20-16)15-8-5-4-6-9-15/h4-6,8-11H,2-3,7,12-14H2,1H3,(H,19,23). The van der Waals surface area contributed by atoms with E-state index in [0.29, 0.717) is 18.8 Å². The van der Waals surface area contributed by atoms with E-state index in [1.807, 2.05) is 18.2 Å². The van der Waals surface area contributed by atoms with Crippen LogP contribution in [0.2, 0.25) is 0 Å². The van der Waals surface area contributed by atoms with Crippen molar-refractivity contribution in [1.29, 1.82) is 0 Å². The van der Waals surface area contributed by atoms with Crippen molar-refractivity contribution in [1.82, 2.24) is 15.1 Å². The van der Waals surface area contributed by atoms with Gasteiger partial charge in [-0.05, 0) is 31.0 Å². The molecule has 0 radical (unpaired) electrons. The van der Waals surface area contributed by atoms with Gasteiger partial charge >= 0.3 is 0 Å². The summed E-state index contributed by atoms with van der Waals surface area (Å²) < 4.78 is 6.67. The predicted molar refractivity (Wildman–Crippen MR) is 92.5 cm³/mol. The van der Waals surface area contributed by atoms with Crippen LogP contribution in [0.25, 0.3) is 5.69 Å². The van der Waals surface area contributed by atoms with E-state index < -0.39 is 0 Å². The highest BCUT2D eigenvalue weighted by Crippen LogP contribution is 2.02. The van der Waals surface area contributed by atoms with Crippen molar-refractivity contribution in [3.05, 3.63) is 58.5 Å². The van der Waals surface area contributed by atoms with Crippen molar-refractivity contribution in [3.63, 3.8) is 0 Å². The third-order valence-electron chi connectivity index (χ3n) is 3.43. The molecule has 0 bridgehead atoms. The first-order valence-electron chi connectivity index (χ1n) is 8.24. The molecule has 6 heteroatoms. The molecule has 0 aliphatic heterocycles. The number of carbonyl (C=O) groups excluding carboxylic acids is 1. The number of aromatic nitrogens is 2. The lowest BCUT2D eigenvalue weighted by molar-refractivity contribution is 0.0934. The Bertz CT molecular complexity index is 698. The van der Waals surface area contributed by atoms with Crippen LogP contribution in [-0.4, -0.2) is 35.4 Å². The first-order chi connectivity index (χ1) is 11.7. The zero-order chi connectivity index (χ0) is 17.2. The largest absolute Gasteiger partial charge is 0.381 e. The predicted octanol–water partition coefficient (Wildman–Crippen LogP) is 2.17. The second kappa shape index (κ2) is 9.62. The van der Waals surface area contributed by atoms with Crippen LogP contribution in [0.15, 0.2) is 47.3 Å². The van der Waals surface area contributed by atoms with Gasteiger partial charge in [0.2, 0.25) is 0 Å². The Hall–Kier alpha value is -2.47. The van der Waals surface area contributed by atoms with E-state index in [1.54, 1.807) is 12.1 Å². The zero-order valence-electron chi connectivity index (χ0n) is 13.9. The van der Waals surface area contributed by atoms with E-state index in [9.17, 15) is 9.59 Å². The Morgan fingerprint density at radius 3 is 2.62 bits per heavy atom. The highest BCUT2D eigenvalue weighted by molar-refractivity contribution is 5.92. The van der Waals surface area contributed by atoms with E-state index in [1.165, 1.54) is 16.8 Å². The van der Waals surface area contributed by atoms with Gasteiger partial charge in [-0.25, -0.2) is 0 Å². The summed E-state index contributed by atoms with van der Waals surface area (Å²) >= 11 is 0. The molecule has 0 unspecified atom stereocenters. The number of carbonyl (C=O) groups is 1. The Morgan fingerprint density at radius 1 is 1.12 bits per heavy atom. The fourth-order valence-electron chi connectivity index (χ4n) is 2.10. The number of hydrogen-bond donors (Lipinski definition) is 1. The first-order valence-corrected chi connectivity index (χ1v) is 8.24. The molecule has 1 amide bonds. The lowest BCUT2D eigenvalue weighted by Gasteiger charge is -2.08. The molecular formula is C18H23N3O3. The zero-order valence-corrected chi connectivity index (χ0v) is 13.9. The van der Waals surface area contributed by atoms with E-state index in [0.717, 1.165) is 25.9 Å². The lowest BCUT2D eigenvalue weighted by atomic mass is 10.3. The second-order valence-corrected chi connectivity index (χ2v) is 5.38. The van der Waals surface area contributed by atoms with Crippen molar-refractivity contribution in [3.8, 4) is 5.69 Å². The number of benzene rings is 1. The van der Waals surface area contributed by atoms with Gasteiger partial charge in [-0.2, -0.15) is 9.78 Å². The maximum Gasteiger partial charge on any atom is 0.271 e. The molecule has 1 aromatic carbocycles. The van der Waals surface area contributed by atoms with Crippen LogP contribution in [0.5, 0.6) is 0 Å². The van der Waals surface area contributed by atoms with Crippen LogP contribution in [0, 0.1) is 0 Å². The molecule has 24 heavy (non-hydrogen) atoms. The number of nitrogens with one attached hydrogen (secondary N) is 1. The number of unbranched alkanes of at least 4 members (excludes halogenated alkanes) is 1. The monoisotopic (exact) mass is 329 g/mol. The molecule has 2 rings (SSSR count). The van der Waals surface area contributed by atoms with Crippen molar-refractivity contribution in [2.75, 3.05) is 19.8 Å². The fraction of sp³-hybridized carbons (Fsp3) is 0.389. The average molecular weight is 329 g/mol. The number of nitrogens with zero attached hydrogens (tertiary/aromatic N) is 2. The SMILES string of the molecule is CCCCOCCCNC(=O)c1ccc(=O)n(-c2ccccc2)n1. The van der Waals surface area contributed by atoms with Crippen molar-refractivity contribution in [2.24, 2.45) is 0 Å². The molecule has 128 valence electrons. The molecular weight excluding hydrogens is 306 g/mol. The Labute approximate surface area is 141 Å². The van der Waals surface area contributed by atoms with E-state index in [-0.39, 0.29) is 17.2 Å². The normalized spacial score (nSPS) is 10.5. The molecule has 0 saturated heterocycles. The summed E-state index contributed by atoms with van der Waals surface area (Å²) in [6.07, 6.45) is 2.91. The number of ether oxygens (including phenoxy) is 1. The lowest BCUT2D eigenvalue weighted by Crippen LogP contribution is -2.29. The van der Waals surface area contributed by atoms with Gasteiger partial charge < -0.3 is 10.1 Å². The maximum absolute atomic E-state index is 12.1. The first kappa shape index (κ1) is 17.9. The van der Waals surface area contributed by atoms with Gasteiger partial charge in [0.25, 0.3) is 11.5 Å². The molecule has 0 aliphatic carbocycles. The number of para-hydroxylation sites is 1. The summed E-state index contributed by atoms with van der Waals surface area (Å²) in [4.78, 5) is 24.1. The number of hydrogen-bond acceptors (Lipinski definition) is 4. The molecule has 0 saturated carbocycles. The third-order valence-corrected chi connectivity index (χ3v) is 3.43. The minimum atomic E-state index is -0.298. The molecule has 1 aromatic heterocycles. The summed E-state index contributed by atoms with van der Waals surface area (Å²) in [6.45, 7) is 4.01. The molecule has 2 aromatic rings. The van der Waals surface area contributed by atoms with Crippen LogP contribution in [0.1, 0.15) is 36.7 Å². The summed E-state index contributed by atoms with van der Waals surface area (Å²) in [7, 11) is 0. The molecule has 0 fully saturated rings. The quantitative estimate of drug-likeness (QED) is 0.716. The van der Waals surface area contributed by atoms with E-state index in [2.05, 4.69) is 17.3 Å². The number of amides is 1. The summed E-state index contributed by atoms with van der Waals surface area (Å²) in [5.74, 6) is -0.298. The number of rotatable bonds is 9. The molecule has 6 nitrogen and oxygen atoms in total. The molecule has 1 N–H and O–H groups in total. The highest BCUT2D eigenvalue weighted by atomic mass is 16.5. The van der Waals surface area contributed by atoms with Gasteiger partial charge in [0.05, 0.1) is 5.69 Å². The minimum absolute atomic E-state index is 0.213. The molecule has 1 heterocycles. The van der Waals surface area contributed by atoms with E-state index in [4.69, 9.17) is 4.74 Å². The average Bonchev–Trinajstić information content (AvgIpc) is 2.62. The van der Waals surface area contributed by atoms with Crippen molar-refractivity contribution in [2.45, 2.75) is 26.2 Å². The van der Waals surface area contributed by atoms with Crippen molar-refractivity contribution < 1.29 is 9.53 Å². The van der Waals surface area contributed by atoms with Crippen molar-refractivity contribution >= 4 is 5.91 Å². The van der Waals surface area contributed by atoms with Gasteiger partial charge in [-0.15, -0.1) is 0 Å². The van der Waals surface area contributed by atoms with Gasteiger partial charge in [0.15, 0.2) is 0 Å². The summed E-state index contributed by atoms with van der Waals surface area (Å²) in [5.41, 5.74) is 0.564. The van der Waals surface area contributed by atoms with Gasteiger partial charge in [0.1, 0.15) is 5.69 Å². The Morgan fingerprint density at radius 2 is 1.88 bits per heavy atom. The maximum atomic E-state index is 12.1. The topological polar surface area (TPSA) is 73.2 Å². The molecule has 0 aliphatic rings. The van der Waals surface area contributed by atoms with Gasteiger partial charge in [-0.1, -0.05) is 31.5 Å². The second-order valence-electron chi connectivity index (χ2n) is 5.38. The van der Waals surface area contributed by atoms with Crippen LogP contribution in [0.4, 0.5) is 0 Å². The Kier molecular flexibility index (Phi) is 7.17. The van der Waals surface area contributed by atoms with E-state index >= 15 is 0 Å². The summed E-state index contributed by atoms with van der Waals surface area (Å²) in [5, 5.41) is 6.93. The van der Waals surface area contributed by atoms with Crippen LogP contribution >= 0.6 is 0 Å². The Balaban J connectivity index is 1.90. The smallest absolute Gasteiger partial charge is 0.271 e. The fourth-order valence-corrected chi connectivity index (χ4v) is 2.10. The van der Waals surface area contributed by atoms with Crippen LogP contribution in [0.3, 0.4) is 0 Å². The highest BCUT2D eigenvalue weighted by Gasteiger charge is 2.09. The molecule has 0 atom stereocenters. The van der Waals surface area contributed by atoms with Crippen LogP contribution < -0.4 is 10.9 Å². The van der Waals surface area contributed by atoms with Gasteiger partial charge in [-0.3, -0.25) is 9.59 Å². The van der Waals surface area contributed by atoms with Gasteiger partial charge in [0, 0.05) is 25.8 Å². The van der Waals surface area contributed by atoms with Crippen LogP contribution in [-0.2, 0) is 4.74 Å².